The number of nitrogens with zero attached hydrogens (tertiary/aromatic N) is 3. The highest BCUT2D eigenvalue weighted by Crippen LogP contribution is 2.35. The largest absolute Gasteiger partial charge is 0.496 e. The van der Waals surface area contributed by atoms with Crippen LogP contribution in [0.3, 0.4) is 0 Å². The fourth-order valence-corrected chi connectivity index (χ4v) is 4.44. The number of methoxy groups -OCH3 is 1. The molecular formula is C23H29N5O. The number of hydrogen-bond acceptors (Lipinski definition) is 5. The molecule has 0 amide bonds. The van der Waals surface area contributed by atoms with Crippen LogP contribution in [0, 0.1) is 20.8 Å². The number of ether oxygens (including phenoxy) is 1. The predicted octanol–water partition coefficient (Wildman–Crippen LogP) is 3.98. The summed E-state index contributed by atoms with van der Waals surface area (Å²) in [6.45, 7) is 9.57. The second kappa shape index (κ2) is 7.87. The van der Waals surface area contributed by atoms with E-state index in [2.05, 4.69) is 46.9 Å². The Hall–Kier alpha value is -2.86. The van der Waals surface area contributed by atoms with Gasteiger partial charge in [0.2, 0.25) is 0 Å². The molecule has 3 N–H and O–H groups in total. The first-order valence-electron chi connectivity index (χ1n) is 10.1. The number of aromatic nitrogens is 3. The molecule has 0 radical (unpaired) electrons. The number of aromatic amines is 1. The number of pyridine rings is 1. The third-order valence-corrected chi connectivity index (χ3v) is 6.25. The SMILES string of the molecule is COc1cc(C)c(CN2CC[C@H](c3[nH]ncc3-c3ccnc(N)c3)C2)c(C)c1C. The molecule has 4 rings (SSSR count). The van der Waals surface area contributed by atoms with Crippen LogP contribution in [0.2, 0.25) is 0 Å². The van der Waals surface area contributed by atoms with Crippen LogP contribution >= 0.6 is 0 Å². The van der Waals surface area contributed by atoms with E-state index in [-0.39, 0.29) is 0 Å². The van der Waals surface area contributed by atoms with Gasteiger partial charge in [0.05, 0.1) is 13.3 Å². The maximum Gasteiger partial charge on any atom is 0.123 e. The average molecular weight is 392 g/mol. The van der Waals surface area contributed by atoms with Gasteiger partial charge in [0.1, 0.15) is 11.6 Å². The van der Waals surface area contributed by atoms with Crippen molar-refractivity contribution in [1.82, 2.24) is 20.1 Å². The number of nitrogen functional groups attached to an aromatic ring is 1. The molecule has 0 saturated carbocycles. The fraction of sp³-hybridized carbons (Fsp3) is 0.391. The second-order valence-corrected chi connectivity index (χ2v) is 8.01. The van der Waals surface area contributed by atoms with E-state index in [1.807, 2.05) is 18.3 Å². The first-order valence-corrected chi connectivity index (χ1v) is 10.1. The summed E-state index contributed by atoms with van der Waals surface area (Å²) in [4.78, 5) is 6.64. The number of nitrogens with two attached hydrogens (primary N) is 1. The number of benzene rings is 1. The Morgan fingerprint density at radius 1 is 1.24 bits per heavy atom. The van der Waals surface area contributed by atoms with Crippen molar-refractivity contribution in [3.8, 4) is 16.9 Å². The van der Waals surface area contributed by atoms with E-state index in [9.17, 15) is 0 Å². The molecule has 0 spiro atoms. The summed E-state index contributed by atoms with van der Waals surface area (Å²) < 4.78 is 5.52. The number of H-pyrrole nitrogens is 1. The van der Waals surface area contributed by atoms with Crippen LogP contribution in [-0.2, 0) is 6.54 Å². The molecule has 29 heavy (non-hydrogen) atoms. The predicted molar refractivity (Wildman–Crippen MR) is 116 cm³/mol. The first-order chi connectivity index (χ1) is 14.0. The highest BCUT2D eigenvalue weighted by Gasteiger charge is 2.28. The second-order valence-electron chi connectivity index (χ2n) is 8.01. The van der Waals surface area contributed by atoms with Gasteiger partial charge in [0.25, 0.3) is 0 Å². The van der Waals surface area contributed by atoms with E-state index in [0.717, 1.165) is 42.9 Å². The molecule has 3 heterocycles. The van der Waals surface area contributed by atoms with Gasteiger partial charge in [-0.15, -0.1) is 0 Å². The molecule has 0 unspecified atom stereocenters. The van der Waals surface area contributed by atoms with Crippen molar-refractivity contribution < 1.29 is 4.74 Å². The minimum Gasteiger partial charge on any atom is -0.496 e. The highest BCUT2D eigenvalue weighted by atomic mass is 16.5. The molecular weight excluding hydrogens is 362 g/mol. The Bertz CT molecular complexity index is 1030. The molecule has 2 aromatic heterocycles. The smallest absolute Gasteiger partial charge is 0.123 e. The summed E-state index contributed by atoms with van der Waals surface area (Å²) >= 11 is 0. The van der Waals surface area contributed by atoms with Crippen molar-refractivity contribution in [2.75, 3.05) is 25.9 Å². The van der Waals surface area contributed by atoms with E-state index >= 15 is 0 Å². The maximum absolute atomic E-state index is 5.88. The molecule has 1 atom stereocenters. The average Bonchev–Trinajstić information content (AvgIpc) is 3.37. The quantitative estimate of drug-likeness (QED) is 0.688. The van der Waals surface area contributed by atoms with Crippen LogP contribution in [0.15, 0.2) is 30.6 Å². The lowest BCUT2D eigenvalue weighted by Crippen LogP contribution is -2.21. The molecule has 1 aliphatic rings. The van der Waals surface area contributed by atoms with Gasteiger partial charge >= 0.3 is 0 Å². The van der Waals surface area contributed by atoms with Crippen LogP contribution in [0.1, 0.15) is 40.3 Å². The van der Waals surface area contributed by atoms with Gasteiger partial charge in [-0.1, -0.05) is 0 Å². The zero-order valence-electron chi connectivity index (χ0n) is 17.6. The lowest BCUT2D eigenvalue weighted by Gasteiger charge is -2.21. The number of nitrogens with one attached hydrogen (secondary N) is 1. The van der Waals surface area contributed by atoms with Gasteiger partial charge in [-0.25, -0.2) is 4.98 Å². The van der Waals surface area contributed by atoms with Crippen molar-refractivity contribution >= 4 is 5.82 Å². The zero-order valence-corrected chi connectivity index (χ0v) is 17.6. The van der Waals surface area contributed by atoms with Crippen LogP contribution < -0.4 is 10.5 Å². The Morgan fingerprint density at radius 3 is 2.83 bits per heavy atom. The van der Waals surface area contributed by atoms with Crippen molar-refractivity contribution in [2.45, 2.75) is 39.7 Å². The molecule has 1 saturated heterocycles. The fourth-order valence-electron chi connectivity index (χ4n) is 4.44. The van der Waals surface area contributed by atoms with Gasteiger partial charge < -0.3 is 10.5 Å². The Balaban J connectivity index is 1.53. The standard InChI is InChI=1S/C23H29N5O/c1-14-9-21(29-4)16(3)15(2)20(14)13-28-8-6-18(12-28)23-19(11-26-27-23)17-5-7-25-22(24)10-17/h5,7,9-11,18H,6,8,12-13H2,1-4H3,(H2,24,25)(H,26,27)/t18-/m0/s1. The third kappa shape index (κ3) is 3.72. The highest BCUT2D eigenvalue weighted by molar-refractivity contribution is 5.68. The number of hydrogen-bond donors (Lipinski definition) is 2. The van der Waals surface area contributed by atoms with E-state index in [0.29, 0.717) is 11.7 Å². The number of aryl methyl sites for hydroxylation is 1. The summed E-state index contributed by atoms with van der Waals surface area (Å²) in [5, 5.41) is 7.56. The van der Waals surface area contributed by atoms with Gasteiger partial charge in [-0.2, -0.15) is 5.10 Å². The summed E-state index contributed by atoms with van der Waals surface area (Å²) in [5.41, 5.74) is 14.5. The van der Waals surface area contributed by atoms with Crippen molar-refractivity contribution in [1.29, 1.82) is 0 Å². The van der Waals surface area contributed by atoms with Crippen molar-refractivity contribution in [3.05, 3.63) is 58.5 Å². The maximum atomic E-state index is 5.88. The number of rotatable bonds is 5. The molecule has 0 aliphatic carbocycles. The van der Waals surface area contributed by atoms with Crippen molar-refractivity contribution in [2.24, 2.45) is 0 Å². The molecule has 1 aliphatic heterocycles. The van der Waals surface area contributed by atoms with Crippen LogP contribution in [-0.4, -0.2) is 40.3 Å². The molecule has 152 valence electrons. The zero-order chi connectivity index (χ0) is 20.5. The monoisotopic (exact) mass is 391 g/mol. The van der Waals surface area contributed by atoms with E-state index in [4.69, 9.17) is 10.5 Å². The molecule has 6 nitrogen and oxygen atoms in total. The summed E-state index contributed by atoms with van der Waals surface area (Å²) in [7, 11) is 1.74. The lowest BCUT2D eigenvalue weighted by molar-refractivity contribution is 0.324. The van der Waals surface area contributed by atoms with Crippen LogP contribution in [0.4, 0.5) is 5.82 Å². The minimum absolute atomic E-state index is 0.432. The summed E-state index contributed by atoms with van der Waals surface area (Å²) in [6.07, 6.45) is 4.76. The van der Waals surface area contributed by atoms with Gasteiger partial charge in [0, 0.05) is 36.5 Å². The van der Waals surface area contributed by atoms with Crippen molar-refractivity contribution in [3.63, 3.8) is 0 Å². The molecule has 0 bridgehead atoms. The lowest BCUT2D eigenvalue weighted by atomic mass is 9.96. The van der Waals surface area contributed by atoms with Crippen LogP contribution in [0.5, 0.6) is 5.75 Å². The molecule has 6 heteroatoms. The normalized spacial score (nSPS) is 17.0. The van der Waals surface area contributed by atoms with Gasteiger partial charge in [0.15, 0.2) is 0 Å². The number of likely N-dealkylation sites (tertiary alicyclic amines) is 1. The number of anilines is 1. The van der Waals surface area contributed by atoms with E-state index in [1.54, 1.807) is 13.3 Å². The molecule has 1 aromatic carbocycles. The van der Waals surface area contributed by atoms with E-state index in [1.165, 1.54) is 27.9 Å². The van der Waals surface area contributed by atoms with Crippen LogP contribution in [0.25, 0.3) is 11.1 Å². The topological polar surface area (TPSA) is 80.1 Å². The Morgan fingerprint density at radius 2 is 2.07 bits per heavy atom. The van der Waals surface area contributed by atoms with Gasteiger partial charge in [-0.05, 0) is 79.8 Å². The Kier molecular flexibility index (Phi) is 5.28. The first kappa shape index (κ1) is 19.5. The third-order valence-electron chi connectivity index (χ3n) is 6.25. The molecule has 3 aromatic rings. The summed E-state index contributed by atoms with van der Waals surface area (Å²) in [6, 6.07) is 6.06. The summed E-state index contributed by atoms with van der Waals surface area (Å²) in [5.74, 6) is 1.94. The van der Waals surface area contributed by atoms with E-state index < -0.39 is 0 Å². The van der Waals surface area contributed by atoms with Gasteiger partial charge in [-0.3, -0.25) is 10.00 Å². The molecule has 1 fully saturated rings. The minimum atomic E-state index is 0.432. The Labute approximate surface area is 172 Å².